The average Bonchev–Trinajstić information content (AvgIpc) is 2.85. The standard InChI is InChI=1S/C14H15FN2O3S/c1-3-16(11-6-4-5-10(15)7-11)14-12(17(19)20)8-13(21-14)9(2)18/h4-9,18H,3H2,1-2H3. The Bertz CT molecular complexity index is 657. The molecular formula is C14H15FN2O3S. The van der Waals surface area contributed by atoms with Gasteiger partial charge in [0.2, 0.25) is 0 Å². The number of aliphatic hydroxyl groups excluding tert-OH is 1. The Morgan fingerprint density at radius 1 is 1.48 bits per heavy atom. The molecule has 1 unspecified atom stereocenters. The zero-order valence-electron chi connectivity index (χ0n) is 11.6. The molecule has 1 atom stereocenters. The van der Waals surface area contributed by atoms with Crippen LogP contribution in [0.4, 0.5) is 20.8 Å². The number of halogens is 1. The second-order valence-electron chi connectivity index (χ2n) is 4.50. The third-order valence-electron chi connectivity index (χ3n) is 3.00. The first-order valence-electron chi connectivity index (χ1n) is 6.43. The van der Waals surface area contributed by atoms with E-state index < -0.39 is 16.8 Å². The molecule has 2 rings (SSSR count). The van der Waals surface area contributed by atoms with Crippen LogP contribution >= 0.6 is 11.3 Å². The van der Waals surface area contributed by atoms with Crippen LogP contribution in [0.25, 0.3) is 0 Å². The highest BCUT2D eigenvalue weighted by Crippen LogP contribution is 2.42. The quantitative estimate of drug-likeness (QED) is 0.669. The lowest BCUT2D eigenvalue weighted by Crippen LogP contribution is -2.15. The van der Waals surface area contributed by atoms with E-state index in [1.54, 1.807) is 24.0 Å². The van der Waals surface area contributed by atoms with Gasteiger partial charge in [0.05, 0.1) is 11.0 Å². The van der Waals surface area contributed by atoms with Gasteiger partial charge in [0, 0.05) is 23.2 Å². The van der Waals surface area contributed by atoms with Gasteiger partial charge in [-0.25, -0.2) is 4.39 Å². The third kappa shape index (κ3) is 3.20. The number of hydrogen-bond donors (Lipinski definition) is 1. The predicted molar refractivity (Wildman–Crippen MR) is 80.7 cm³/mol. The Kier molecular flexibility index (Phi) is 4.54. The zero-order valence-corrected chi connectivity index (χ0v) is 12.4. The lowest BCUT2D eigenvalue weighted by molar-refractivity contribution is -0.383. The minimum atomic E-state index is -0.784. The van der Waals surface area contributed by atoms with E-state index in [0.29, 0.717) is 22.1 Å². The monoisotopic (exact) mass is 310 g/mol. The number of nitro groups is 1. The topological polar surface area (TPSA) is 66.6 Å². The second kappa shape index (κ2) is 6.19. The van der Waals surface area contributed by atoms with Gasteiger partial charge in [-0.05, 0) is 32.0 Å². The first-order chi connectivity index (χ1) is 9.93. The van der Waals surface area contributed by atoms with Crippen LogP contribution in [-0.2, 0) is 0 Å². The van der Waals surface area contributed by atoms with Crippen molar-refractivity contribution in [3.8, 4) is 0 Å². The fraction of sp³-hybridized carbons (Fsp3) is 0.286. The van der Waals surface area contributed by atoms with Gasteiger partial charge in [-0.15, -0.1) is 11.3 Å². The first kappa shape index (κ1) is 15.4. The Balaban J connectivity index is 2.53. The van der Waals surface area contributed by atoms with Crippen molar-refractivity contribution in [1.29, 1.82) is 0 Å². The summed E-state index contributed by atoms with van der Waals surface area (Å²) in [7, 11) is 0. The Morgan fingerprint density at radius 2 is 2.19 bits per heavy atom. The molecule has 7 heteroatoms. The molecule has 0 saturated carbocycles. The molecule has 5 nitrogen and oxygen atoms in total. The summed E-state index contributed by atoms with van der Waals surface area (Å²) in [5.74, 6) is -0.402. The largest absolute Gasteiger partial charge is 0.388 e. The molecule has 0 aliphatic heterocycles. The van der Waals surface area contributed by atoms with Crippen LogP contribution in [0, 0.1) is 15.9 Å². The summed E-state index contributed by atoms with van der Waals surface area (Å²) < 4.78 is 13.4. The number of benzene rings is 1. The highest BCUT2D eigenvalue weighted by molar-refractivity contribution is 7.16. The molecule has 1 N–H and O–H groups in total. The summed E-state index contributed by atoms with van der Waals surface area (Å²) >= 11 is 1.14. The predicted octanol–water partition coefficient (Wildman–Crippen LogP) is 4.01. The lowest BCUT2D eigenvalue weighted by atomic mass is 10.2. The summed E-state index contributed by atoms with van der Waals surface area (Å²) in [6.45, 7) is 3.83. The summed E-state index contributed by atoms with van der Waals surface area (Å²) in [6, 6.07) is 7.27. The van der Waals surface area contributed by atoms with Gasteiger partial charge >= 0.3 is 5.69 Å². The van der Waals surface area contributed by atoms with Gasteiger partial charge in [-0.1, -0.05) is 6.07 Å². The summed E-state index contributed by atoms with van der Waals surface area (Å²) in [5, 5.41) is 21.2. The zero-order chi connectivity index (χ0) is 15.6. The van der Waals surface area contributed by atoms with Crippen molar-refractivity contribution in [2.45, 2.75) is 20.0 Å². The summed E-state index contributed by atoms with van der Waals surface area (Å²) in [5.41, 5.74) is 0.460. The molecule has 2 aromatic rings. The van der Waals surface area contributed by atoms with Crippen molar-refractivity contribution in [2.24, 2.45) is 0 Å². The molecule has 1 heterocycles. The molecule has 0 spiro atoms. The van der Waals surface area contributed by atoms with Gasteiger partial charge in [0.15, 0.2) is 5.00 Å². The fourth-order valence-electron chi connectivity index (χ4n) is 2.01. The van der Waals surface area contributed by atoms with Crippen LogP contribution in [0.5, 0.6) is 0 Å². The molecule has 112 valence electrons. The third-order valence-corrected chi connectivity index (χ3v) is 4.32. The number of hydrogen-bond acceptors (Lipinski definition) is 5. The maximum Gasteiger partial charge on any atom is 0.304 e. The number of anilines is 2. The van der Waals surface area contributed by atoms with Crippen molar-refractivity contribution < 1.29 is 14.4 Å². The number of aliphatic hydroxyl groups is 1. The molecule has 0 radical (unpaired) electrons. The van der Waals surface area contributed by atoms with Crippen molar-refractivity contribution in [3.05, 3.63) is 51.1 Å². The molecule has 1 aromatic carbocycles. The van der Waals surface area contributed by atoms with E-state index in [-0.39, 0.29) is 5.69 Å². The Hall–Kier alpha value is -1.99. The number of nitrogens with zero attached hydrogens (tertiary/aromatic N) is 2. The van der Waals surface area contributed by atoms with Crippen molar-refractivity contribution in [1.82, 2.24) is 0 Å². The number of rotatable bonds is 5. The van der Waals surface area contributed by atoms with Crippen LogP contribution in [0.3, 0.4) is 0 Å². The van der Waals surface area contributed by atoms with Crippen LogP contribution in [0.1, 0.15) is 24.8 Å². The van der Waals surface area contributed by atoms with Crippen LogP contribution in [0.15, 0.2) is 30.3 Å². The van der Waals surface area contributed by atoms with Gasteiger partial charge in [-0.2, -0.15) is 0 Å². The summed E-state index contributed by atoms with van der Waals surface area (Å²) in [4.78, 5) is 12.9. The van der Waals surface area contributed by atoms with Gasteiger partial charge in [-0.3, -0.25) is 10.1 Å². The molecule has 0 bridgehead atoms. The first-order valence-corrected chi connectivity index (χ1v) is 7.25. The fourth-order valence-corrected chi connectivity index (χ4v) is 3.15. The minimum absolute atomic E-state index is 0.0815. The molecule has 21 heavy (non-hydrogen) atoms. The minimum Gasteiger partial charge on any atom is -0.388 e. The Morgan fingerprint density at radius 3 is 2.71 bits per heavy atom. The van der Waals surface area contributed by atoms with E-state index in [1.165, 1.54) is 18.2 Å². The molecule has 0 aliphatic carbocycles. The van der Waals surface area contributed by atoms with E-state index in [0.717, 1.165) is 11.3 Å². The van der Waals surface area contributed by atoms with E-state index in [2.05, 4.69) is 0 Å². The maximum absolute atomic E-state index is 13.4. The summed E-state index contributed by atoms with van der Waals surface area (Å²) in [6.07, 6.45) is -0.784. The molecule has 1 aromatic heterocycles. The normalized spacial score (nSPS) is 12.2. The highest BCUT2D eigenvalue weighted by Gasteiger charge is 2.25. The molecular weight excluding hydrogens is 295 g/mol. The van der Waals surface area contributed by atoms with Crippen molar-refractivity contribution >= 4 is 27.7 Å². The second-order valence-corrected chi connectivity index (χ2v) is 5.56. The average molecular weight is 310 g/mol. The molecule has 0 aliphatic rings. The van der Waals surface area contributed by atoms with Crippen LogP contribution < -0.4 is 4.90 Å². The smallest absolute Gasteiger partial charge is 0.304 e. The van der Waals surface area contributed by atoms with Crippen LogP contribution in [-0.4, -0.2) is 16.6 Å². The highest BCUT2D eigenvalue weighted by atomic mass is 32.1. The van der Waals surface area contributed by atoms with E-state index >= 15 is 0 Å². The van der Waals surface area contributed by atoms with Crippen molar-refractivity contribution in [2.75, 3.05) is 11.4 Å². The van der Waals surface area contributed by atoms with E-state index in [1.807, 2.05) is 6.92 Å². The SMILES string of the molecule is CCN(c1cccc(F)c1)c1sc(C(C)O)cc1[N+](=O)[O-]. The van der Waals surface area contributed by atoms with Gasteiger partial charge in [0.25, 0.3) is 0 Å². The van der Waals surface area contributed by atoms with Gasteiger partial charge < -0.3 is 10.0 Å². The molecule has 0 fully saturated rings. The van der Waals surface area contributed by atoms with Crippen molar-refractivity contribution in [3.63, 3.8) is 0 Å². The van der Waals surface area contributed by atoms with Crippen LogP contribution in [0.2, 0.25) is 0 Å². The van der Waals surface area contributed by atoms with Gasteiger partial charge in [0.1, 0.15) is 5.82 Å². The Labute approximate surface area is 125 Å². The molecule has 0 saturated heterocycles. The molecule has 0 amide bonds. The van der Waals surface area contributed by atoms with E-state index in [4.69, 9.17) is 0 Å². The number of thiophene rings is 1. The maximum atomic E-state index is 13.4. The lowest BCUT2D eigenvalue weighted by Gasteiger charge is -2.20. The van der Waals surface area contributed by atoms with E-state index in [9.17, 15) is 19.6 Å².